The molecular formula is C21H16N2O2S. The average Bonchev–Trinajstić information content (AvgIpc) is 3.15. The van der Waals surface area contributed by atoms with Gasteiger partial charge in [0.2, 0.25) is 0 Å². The van der Waals surface area contributed by atoms with E-state index in [4.69, 9.17) is 4.74 Å². The number of ether oxygens (including phenoxy) is 1. The van der Waals surface area contributed by atoms with Gasteiger partial charge in [0.05, 0.1) is 11.2 Å². The predicted molar refractivity (Wildman–Crippen MR) is 103 cm³/mol. The number of thiazole rings is 1. The number of benzene rings is 2. The van der Waals surface area contributed by atoms with Crippen LogP contribution in [0, 0.1) is 6.92 Å². The van der Waals surface area contributed by atoms with Crippen molar-refractivity contribution < 1.29 is 9.53 Å². The van der Waals surface area contributed by atoms with Crippen LogP contribution in [-0.2, 0) is 11.3 Å². The average molecular weight is 360 g/mol. The van der Waals surface area contributed by atoms with Gasteiger partial charge in [-0.25, -0.2) is 14.8 Å². The maximum atomic E-state index is 12.3. The van der Waals surface area contributed by atoms with Gasteiger partial charge in [-0.2, -0.15) is 0 Å². The molecule has 0 unspecified atom stereocenters. The molecule has 2 heterocycles. The Kier molecular flexibility index (Phi) is 4.46. The van der Waals surface area contributed by atoms with Crippen molar-refractivity contribution in [3.63, 3.8) is 0 Å². The number of aromatic nitrogens is 2. The third-order valence-corrected chi connectivity index (χ3v) is 4.95. The van der Waals surface area contributed by atoms with E-state index in [2.05, 4.69) is 29.0 Å². The number of hydrogen-bond acceptors (Lipinski definition) is 5. The van der Waals surface area contributed by atoms with Crippen LogP contribution in [0.1, 0.15) is 21.7 Å². The second-order valence-corrected chi connectivity index (χ2v) is 6.83. The molecule has 0 saturated heterocycles. The first-order valence-electron chi connectivity index (χ1n) is 8.23. The minimum Gasteiger partial charge on any atom is -0.454 e. The van der Waals surface area contributed by atoms with E-state index >= 15 is 0 Å². The normalized spacial score (nSPS) is 10.8. The van der Waals surface area contributed by atoms with E-state index in [9.17, 15) is 4.79 Å². The predicted octanol–water partition coefficient (Wildman–Crippen LogP) is 5.02. The molecule has 4 rings (SSSR count). The quantitative estimate of drug-likeness (QED) is 0.479. The standard InChI is InChI=1S/C21H16N2O2S/c1-14-6-8-16(9-7-14)20-22-17(13-26-20)12-25-21(24)19-11-10-15-4-2-3-5-18(15)23-19/h2-11,13H,12H2,1H3. The monoisotopic (exact) mass is 360 g/mol. The van der Waals surface area contributed by atoms with Gasteiger partial charge in [-0.1, -0.05) is 54.1 Å². The number of nitrogens with zero attached hydrogens (tertiary/aromatic N) is 2. The highest BCUT2D eigenvalue weighted by Crippen LogP contribution is 2.24. The maximum absolute atomic E-state index is 12.3. The number of aryl methyl sites for hydroxylation is 1. The Bertz CT molecular complexity index is 1070. The fourth-order valence-corrected chi connectivity index (χ4v) is 3.41. The summed E-state index contributed by atoms with van der Waals surface area (Å²) in [5.74, 6) is -0.444. The molecule has 0 amide bonds. The summed E-state index contributed by atoms with van der Waals surface area (Å²) in [6.07, 6.45) is 0. The maximum Gasteiger partial charge on any atom is 0.357 e. The molecule has 0 radical (unpaired) electrons. The molecule has 5 heteroatoms. The van der Waals surface area contributed by atoms with E-state index in [1.807, 2.05) is 47.8 Å². The summed E-state index contributed by atoms with van der Waals surface area (Å²) in [5, 5.41) is 3.82. The van der Waals surface area contributed by atoms with Crippen LogP contribution in [0.15, 0.2) is 66.0 Å². The Morgan fingerprint density at radius 3 is 2.65 bits per heavy atom. The largest absolute Gasteiger partial charge is 0.454 e. The van der Waals surface area contributed by atoms with Crippen LogP contribution in [0.4, 0.5) is 0 Å². The van der Waals surface area contributed by atoms with E-state index in [-0.39, 0.29) is 6.61 Å². The van der Waals surface area contributed by atoms with Gasteiger partial charge in [-0.05, 0) is 19.1 Å². The minimum absolute atomic E-state index is 0.135. The first-order valence-corrected chi connectivity index (χ1v) is 9.11. The van der Waals surface area contributed by atoms with Gasteiger partial charge in [0.25, 0.3) is 0 Å². The molecule has 0 spiro atoms. The Labute approximate surface area is 155 Å². The van der Waals surface area contributed by atoms with Gasteiger partial charge < -0.3 is 4.74 Å². The van der Waals surface area contributed by atoms with Crippen molar-refractivity contribution in [2.75, 3.05) is 0 Å². The molecule has 4 nitrogen and oxygen atoms in total. The van der Waals surface area contributed by atoms with Crippen molar-refractivity contribution in [2.45, 2.75) is 13.5 Å². The Morgan fingerprint density at radius 2 is 1.81 bits per heavy atom. The third kappa shape index (κ3) is 3.48. The zero-order valence-corrected chi connectivity index (χ0v) is 15.0. The van der Waals surface area contributed by atoms with Gasteiger partial charge in [-0.3, -0.25) is 0 Å². The second kappa shape index (κ2) is 7.06. The Balaban J connectivity index is 1.45. The first kappa shape index (κ1) is 16.4. The highest BCUT2D eigenvalue weighted by atomic mass is 32.1. The van der Waals surface area contributed by atoms with E-state index in [0.717, 1.165) is 27.2 Å². The zero-order valence-electron chi connectivity index (χ0n) is 14.2. The van der Waals surface area contributed by atoms with Crippen LogP contribution in [0.3, 0.4) is 0 Å². The summed E-state index contributed by atoms with van der Waals surface area (Å²) in [7, 11) is 0. The molecule has 0 bridgehead atoms. The summed E-state index contributed by atoms with van der Waals surface area (Å²) >= 11 is 1.54. The SMILES string of the molecule is Cc1ccc(-c2nc(COC(=O)c3ccc4ccccc4n3)cs2)cc1. The van der Waals surface area contributed by atoms with Crippen LogP contribution in [0.2, 0.25) is 0 Å². The van der Waals surface area contributed by atoms with Gasteiger partial charge in [-0.15, -0.1) is 11.3 Å². The third-order valence-electron chi connectivity index (χ3n) is 4.01. The lowest BCUT2D eigenvalue weighted by molar-refractivity contribution is 0.0462. The van der Waals surface area contributed by atoms with Crippen LogP contribution in [-0.4, -0.2) is 15.9 Å². The molecule has 0 saturated carbocycles. The van der Waals surface area contributed by atoms with Gasteiger partial charge in [0.15, 0.2) is 0 Å². The highest BCUT2D eigenvalue weighted by molar-refractivity contribution is 7.13. The Hall–Kier alpha value is -3.05. The van der Waals surface area contributed by atoms with Gasteiger partial charge in [0, 0.05) is 16.3 Å². The van der Waals surface area contributed by atoms with Gasteiger partial charge >= 0.3 is 5.97 Å². The number of rotatable bonds is 4. The summed E-state index contributed by atoms with van der Waals surface area (Å²) in [6, 6.07) is 19.4. The molecule has 0 N–H and O–H groups in total. The Morgan fingerprint density at radius 1 is 1.00 bits per heavy atom. The number of fused-ring (bicyclic) bond motifs is 1. The molecule has 4 aromatic rings. The number of carbonyl (C=O) groups excluding carboxylic acids is 1. The zero-order chi connectivity index (χ0) is 17.9. The lowest BCUT2D eigenvalue weighted by atomic mass is 10.2. The number of carbonyl (C=O) groups is 1. The van der Waals surface area contributed by atoms with Crippen LogP contribution in [0.25, 0.3) is 21.5 Å². The molecule has 2 aromatic carbocycles. The van der Waals surface area contributed by atoms with Crippen LogP contribution in [0.5, 0.6) is 0 Å². The number of pyridine rings is 1. The molecular weight excluding hydrogens is 344 g/mol. The van der Waals surface area contributed by atoms with Crippen molar-refractivity contribution in [3.8, 4) is 10.6 Å². The topological polar surface area (TPSA) is 52.1 Å². The molecule has 0 aliphatic heterocycles. The molecule has 0 aliphatic rings. The molecule has 0 fully saturated rings. The summed E-state index contributed by atoms with van der Waals surface area (Å²) in [6.45, 7) is 2.19. The van der Waals surface area contributed by atoms with E-state index in [0.29, 0.717) is 5.69 Å². The lowest BCUT2D eigenvalue weighted by Gasteiger charge is -2.04. The van der Waals surface area contributed by atoms with E-state index < -0.39 is 5.97 Å². The minimum atomic E-state index is -0.444. The van der Waals surface area contributed by atoms with E-state index in [1.54, 1.807) is 6.07 Å². The lowest BCUT2D eigenvalue weighted by Crippen LogP contribution is -2.07. The fraction of sp³-hybridized carbons (Fsp3) is 0.0952. The van der Waals surface area contributed by atoms with Crippen molar-refractivity contribution in [1.82, 2.24) is 9.97 Å². The summed E-state index contributed by atoms with van der Waals surface area (Å²) in [5.41, 5.74) is 4.09. The smallest absolute Gasteiger partial charge is 0.357 e. The fourth-order valence-electron chi connectivity index (χ4n) is 2.60. The van der Waals surface area contributed by atoms with Gasteiger partial charge in [0.1, 0.15) is 17.3 Å². The van der Waals surface area contributed by atoms with Crippen LogP contribution < -0.4 is 0 Å². The molecule has 0 atom stereocenters. The molecule has 128 valence electrons. The van der Waals surface area contributed by atoms with Crippen LogP contribution >= 0.6 is 11.3 Å². The summed E-state index contributed by atoms with van der Waals surface area (Å²) < 4.78 is 5.37. The summed E-state index contributed by atoms with van der Waals surface area (Å²) in [4.78, 5) is 21.2. The molecule has 0 aliphatic carbocycles. The van der Waals surface area contributed by atoms with Crippen molar-refractivity contribution in [2.24, 2.45) is 0 Å². The van der Waals surface area contributed by atoms with Crippen molar-refractivity contribution >= 4 is 28.2 Å². The second-order valence-electron chi connectivity index (χ2n) is 5.98. The number of esters is 1. The van der Waals surface area contributed by atoms with Crippen molar-refractivity contribution in [1.29, 1.82) is 0 Å². The highest BCUT2D eigenvalue weighted by Gasteiger charge is 2.12. The first-order chi connectivity index (χ1) is 12.7. The van der Waals surface area contributed by atoms with E-state index in [1.165, 1.54) is 16.9 Å². The molecule has 26 heavy (non-hydrogen) atoms. The van der Waals surface area contributed by atoms with Crippen molar-refractivity contribution in [3.05, 3.63) is 83.0 Å². The molecule has 2 aromatic heterocycles. The number of hydrogen-bond donors (Lipinski definition) is 0. The number of para-hydroxylation sites is 1.